The van der Waals surface area contributed by atoms with E-state index < -0.39 is 9.75 Å². The molecule has 0 aromatic heterocycles. The van der Waals surface area contributed by atoms with Gasteiger partial charge in [-0.05, 0) is 43.1 Å². The van der Waals surface area contributed by atoms with Gasteiger partial charge < -0.3 is 10.2 Å². The topological polar surface area (TPSA) is 32.3 Å². The number of thiocarbonyl (C=S) groups is 1. The molecule has 1 fully saturated rings. The largest absolute Gasteiger partial charge is 0.344 e. The SMILES string of the molecule is C[C@@]1(C(=O)NC(=S)N(CCc2ccccc2)Cc2ccccc2)CC1(Cl)Cl. The average molecular weight is 421 g/mol. The smallest absolute Gasteiger partial charge is 0.235 e. The highest BCUT2D eigenvalue weighted by Gasteiger charge is 2.68. The molecular weight excluding hydrogens is 399 g/mol. The van der Waals surface area contributed by atoms with Crippen molar-refractivity contribution in [2.45, 2.75) is 30.6 Å². The lowest BCUT2D eigenvalue weighted by molar-refractivity contribution is -0.124. The summed E-state index contributed by atoms with van der Waals surface area (Å²) in [5.74, 6) is -0.227. The summed E-state index contributed by atoms with van der Waals surface area (Å²) in [4.78, 5) is 14.6. The summed E-state index contributed by atoms with van der Waals surface area (Å²) in [6.45, 7) is 3.08. The molecule has 2 aromatic rings. The lowest BCUT2D eigenvalue weighted by atomic mass is 10.1. The summed E-state index contributed by atoms with van der Waals surface area (Å²) in [5.41, 5.74) is 1.56. The number of nitrogens with one attached hydrogen (secondary N) is 1. The number of hydrogen-bond acceptors (Lipinski definition) is 2. The fourth-order valence-corrected chi connectivity index (χ4v) is 3.88. The molecule has 0 bridgehead atoms. The number of benzene rings is 2. The Labute approximate surface area is 175 Å². The third-order valence-electron chi connectivity index (χ3n) is 5.00. The van der Waals surface area contributed by atoms with Gasteiger partial charge in [0.15, 0.2) is 5.11 Å². The van der Waals surface area contributed by atoms with Crippen LogP contribution in [0, 0.1) is 5.41 Å². The van der Waals surface area contributed by atoms with E-state index in [1.807, 2.05) is 53.4 Å². The standard InChI is InChI=1S/C21H22Cl2N2OS/c1-20(15-21(20,22)23)18(26)24-19(27)25(14-17-10-6-3-7-11-17)13-12-16-8-4-2-5-9-16/h2-11H,12-15H2,1H3,(H,24,26,27)/t20-/m0/s1. The zero-order chi connectivity index (χ0) is 19.5. The van der Waals surface area contributed by atoms with E-state index in [1.165, 1.54) is 5.56 Å². The van der Waals surface area contributed by atoms with Gasteiger partial charge in [0.2, 0.25) is 5.91 Å². The van der Waals surface area contributed by atoms with Crippen molar-refractivity contribution in [3.8, 4) is 0 Å². The molecule has 0 spiro atoms. The van der Waals surface area contributed by atoms with E-state index in [9.17, 15) is 4.79 Å². The summed E-state index contributed by atoms with van der Waals surface area (Å²) in [5, 5.41) is 3.24. The maximum Gasteiger partial charge on any atom is 0.235 e. The normalized spacial score (nSPS) is 20.0. The number of hydrogen-bond donors (Lipinski definition) is 1. The summed E-state index contributed by atoms with van der Waals surface area (Å²) in [6.07, 6.45) is 1.26. The van der Waals surface area contributed by atoms with Crippen LogP contribution in [0.4, 0.5) is 0 Å². The van der Waals surface area contributed by atoms with Crippen molar-refractivity contribution in [2.75, 3.05) is 6.54 Å². The second-order valence-corrected chi connectivity index (χ2v) is 8.99. The molecule has 142 valence electrons. The van der Waals surface area contributed by atoms with E-state index in [0.29, 0.717) is 24.6 Å². The zero-order valence-electron chi connectivity index (χ0n) is 15.1. The first-order chi connectivity index (χ1) is 12.8. The molecule has 6 heteroatoms. The molecule has 3 rings (SSSR count). The lowest BCUT2D eigenvalue weighted by Gasteiger charge is -2.26. The van der Waals surface area contributed by atoms with Crippen molar-refractivity contribution >= 4 is 46.4 Å². The zero-order valence-corrected chi connectivity index (χ0v) is 17.4. The van der Waals surface area contributed by atoms with Crippen LogP contribution in [0.2, 0.25) is 0 Å². The van der Waals surface area contributed by atoms with Crippen LogP contribution in [0.5, 0.6) is 0 Å². The van der Waals surface area contributed by atoms with Crippen LogP contribution < -0.4 is 5.32 Å². The van der Waals surface area contributed by atoms with Gasteiger partial charge in [0.1, 0.15) is 4.33 Å². The highest BCUT2D eigenvalue weighted by Crippen LogP contribution is 2.63. The molecule has 0 saturated heterocycles. The van der Waals surface area contributed by atoms with E-state index in [0.717, 1.165) is 12.0 Å². The fourth-order valence-electron chi connectivity index (χ4n) is 2.93. The van der Waals surface area contributed by atoms with Gasteiger partial charge in [0, 0.05) is 13.1 Å². The first-order valence-electron chi connectivity index (χ1n) is 8.88. The number of rotatable bonds is 6. The second-order valence-electron chi connectivity index (χ2n) is 7.12. The van der Waals surface area contributed by atoms with Crippen molar-refractivity contribution in [2.24, 2.45) is 5.41 Å². The van der Waals surface area contributed by atoms with Crippen LogP contribution in [0.15, 0.2) is 60.7 Å². The van der Waals surface area contributed by atoms with Crippen molar-refractivity contribution in [3.05, 3.63) is 71.8 Å². The quantitative estimate of drug-likeness (QED) is 0.541. The minimum atomic E-state index is -1.01. The molecule has 1 N–H and O–H groups in total. The Hall–Kier alpha value is -1.62. The number of nitrogens with zero attached hydrogens (tertiary/aromatic N) is 1. The Morgan fingerprint density at radius 2 is 1.59 bits per heavy atom. The number of alkyl halides is 2. The van der Waals surface area contributed by atoms with Crippen LogP contribution >= 0.6 is 35.4 Å². The van der Waals surface area contributed by atoms with Gasteiger partial charge in [0.25, 0.3) is 0 Å². The lowest BCUT2D eigenvalue weighted by Crippen LogP contribution is -2.46. The maximum atomic E-state index is 12.6. The first kappa shape index (κ1) is 20.1. The molecular formula is C21H22Cl2N2OS. The van der Waals surface area contributed by atoms with Crippen molar-refractivity contribution in [3.63, 3.8) is 0 Å². The third-order valence-corrected chi connectivity index (χ3v) is 6.46. The van der Waals surface area contributed by atoms with E-state index >= 15 is 0 Å². The molecule has 0 unspecified atom stereocenters. The third kappa shape index (κ3) is 4.81. The fraction of sp³-hybridized carbons (Fsp3) is 0.333. The molecule has 0 radical (unpaired) electrons. The molecule has 1 saturated carbocycles. The minimum Gasteiger partial charge on any atom is -0.344 e. The maximum absolute atomic E-state index is 12.6. The first-order valence-corrected chi connectivity index (χ1v) is 10.0. The van der Waals surface area contributed by atoms with Crippen molar-refractivity contribution in [1.82, 2.24) is 10.2 Å². The van der Waals surface area contributed by atoms with Gasteiger partial charge >= 0.3 is 0 Å². The summed E-state index contributed by atoms with van der Waals surface area (Å²) in [6, 6.07) is 20.3. The van der Waals surface area contributed by atoms with Gasteiger partial charge in [0.05, 0.1) is 5.41 Å². The van der Waals surface area contributed by atoms with E-state index in [1.54, 1.807) is 6.92 Å². The van der Waals surface area contributed by atoms with Crippen LogP contribution in [0.25, 0.3) is 0 Å². The van der Waals surface area contributed by atoms with E-state index in [-0.39, 0.29) is 5.91 Å². The van der Waals surface area contributed by atoms with Gasteiger partial charge in [-0.15, -0.1) is 23.2 Å². The number of carbonyl (C=O) groups excluding carboxylic acids is 1. The predicted molar refractivity (Wildman–Crippen MR) is 115 cm³/mol. The molecule has 1 aliphatic rings. The highest BCUT2D eigenvalue weighted by molar-refractivity contribution is 7.80. The van der Waals surface area contributed by atoms with E-state index in [4.69, 9.17) is 35.4 Å². The molecule has 0 aliphatic heterocycles. The molecule has 3 nitrogen and oxygen atoms in total. The van der Waals surface area contributed by atoms with Gasteiger partial charge in [-0.25, -0.2) is 0 Å². The van der Waals surface area contributed by atoms with Crippen molar-refractivity contribution in [1.29, 1.82) is 0 Å². The Morgan fingerprint density at radius 3 is 2.11 bits per heavy atom. The summed E-state index contributed by atoms with van der Waals surface area (Å²) in [7, 11) is 0. The molecule has 1 atom stereocenters. The summed E-state index contributed by atoms with van der Waals surface area (Å²) < 4.78 is -1.01. The van der Waals surface area contributed by atoms with Gasteiger partial charge in [-0.3, -0.25) is 4.79 Å². The number of amides is 1. The second kappa shape index (κ2) is 8.17. The van der Waals surface area contributed by atoms with Crippen LogP contribution in [-0.2, 0) is 17.8 Å². The molecule has 1 amide bonds. The van der Waals surface area contributed by atoms with Crippen LogP contribution in [0.1, 0.15) is 24.5 Å². The molecule has 27 heavy (non-hydrogen) atoms. The monoisotopic (exact) mass is 420 g/mol. The Bertz CT molecular complexity index is 813. The Kier molecular flexibility index (Phi) is 6.09. The highest BCUT2D eigenvalue weighted by atomic mass is 35.5. The van der Waals surface area contributed by atoms with Crippen LogP contribution in [0.3, 0.4) is 0 Å². The average Bonchev–Trinajstić information content (AvgIpc) is 3.19. The summed E-state index contributed by atoms with van der Waals surface area (Å²) >= 11 is 17.8. The minimum absolute atomic E-state index is 0.227. The van der Waals surface area contributed by atoms with Crippen LogP contribution in [-0.4, -0.2) is 26.8 Å². The molecule has 2 aromatic carbocycles. The predicted octanol–water partition coefficient (Wildman–Crippen LogP) is 4.72. The Morgan fingerprint density at radius 1 is 1.07 bits per heavy atom. The Balaban J connectivity index is 1.68. The van der Waals surface area contributed by atoms with Gasteiger partial charge in [-0.1, -0.05) is 60.7 Å². The molecule has 1 aliphatic carbocycles. The molecule has 0 heterocycles. The van der Waals surface area contributed by atoms with Gasteiger partial charge in [-0.2, -0.15) is 0 Å². The van der Waals surface area contributed by atoms with Crippen molar-refractivity contribution < 1.29 is 4.79 Å². The number of halogens is 2. The number of carbonyl (C=O) groups is 1. The van der Waals surface area contributed by atoms with E-state index in [2.05, 4.69) is 17.4 Å².